The summed E-state index contributed by atoms with van der Waals surface area (Å²) >= 11 is 6.25. The fourth-order valence-corrected chi connectivity index (χ4v) is 2.61. The summed E-state index contributed by atoms with van der Waals surface area (Å²) in [5.41, 5.74) is 8.00. The fourth-order valence-electron chi connectivity index (χ4n) is 2.36. The molecule has 0 heterocycles. The Balaban J connectivity index is 2.10. The molecule has 1 unspecified atom stereocenters. The first-order chi connectivity index (χ1) is 10.6. The zero-order valence-electron chi connectivity index (χ0n) is 12.7. The van der Waals surface area contributed by atoms with Gasteiger partial charge in [-0.2, -0.15) is 0 Å². The minimum Gasteiger partial charge on any atom is -0.492 e. The van der Waals surface area contributed by atoms with Gasteiger partial charge in [-0.1, -0.05) is 36.7 Å². The Hall–Kier alpha value is -1.58. The highest BCUT2D eigenvalue weighted by Gasteiger charge is 2.12. The molecule has 0 saturated carbocycles. The summed E-state index contributed by atoms with van der Waals surface area (Å²) < 4.78 is 18.6. The normalized spacial score (nSPS) is 12.2. The van der Waals surface area contributed by atoms with E-state index in [4.69, 9.17) is 22.1 Å². The van der Waals surface area contributed by atoms with Crippen molar-refractivity contribution >= 4 is 11.6 Å². The second kappa shape index (κ2) is 8.16. The van der Waals surface area contributed by atoms with Crippen molar-refractivity contribution < 1.29 is 9.13 Å². The Labute approximate surface area is 136 Å². The van der Waals surface area contributed by atoms with E-state index in [-0.39, 0.29) is 11.7 Å². The van der Waals surface area contributed by atoms with Gasteiger partial charge in [0.1, 0.15) is 11.6 Å². The SMILES string of the molecule is CCCOc1ccc(CC(CN)c2ccc(F)cc2)cc1Cl. The van der Waals surface area contributed by atoms with Gasteiger partial charge in [0.2, 0.25) is 0 Å². The average molecular weight is 322 g/mol. The van der Waals surface area contributed by atoms with Crippen molar-refractivity contribution in [3.05, 3.63) is 64.4 Å². The van der Waals surface area contributed by atoms with E-state index in [0.717, 1.165) is 24.0 Å². The van der Waals surface area contributed by atoms with Gasteiger partial charge < -0.3 is 10.5 Å². The number of benzene rings is 2. The lowest BCUT2D eigenvalue weighted by Crippen LogP contribution is -2.15. The molecule has 2 aromatic rings. The molecular weight excluding hydrogens is 301 g/mol. The van der Waals surface area contributed by atoms with Gasteiger partial charge in [-0.25, -0.2) is 4.39 Å². The maximum Gasteiger partial charge on any atom is 0.137 e. The van der Waals surface area contributed by atoms with Crippen LogP contribution in [0.25, 0.3) is 0 Å². The number of nitrogens with two attached hydrogens (primary N) is 1. The van der Waals surface area contributed by atoms with Gasteiger partial charge in [-0.05, 0) is 54.8 Å². The van der Waals surface area contributed by atoms with E-state index in [2.05, 4.69) is 6.92 Å². The molecule has 1 atom stereocenters. The van der Waals surface area contributed by atoms with Crippen LogP contribution in [0.15, 0.2) is 42.5 Å². The number of rotatable bonds is 7. The van der Waals surface area contributed by atoms with E-state index in [9.17, 15) is 4.39 Å². The fraction of sp³-hybridized carbons (Fsp3) is 0.333. The first kappa shape index (κ1) is 16.8. The standard InChI is InChI=1S/C18H21ClFNO/c1-2-9-22-18-8-3-13(11-17(18)19)10-15(12-21)14-4-6-16(20)7-5-14/h3-8,11,15H,2,9-10,12,21H2,1H3. The number of hydrogen-bond donors (Lipinski definition) is 1. The van der Waals surface area contributed by atoms with E-state index in [1.54, 1.807) is 12.1 Å². The van der Waals surface area contributed by atoms with Crippen LogP contribution in [0.1, 0.15) is 30.4 Å². The van der Waals surface area contributed by atoms with Crippen molar-refractivity contribution in [3.8, 4) is 5.75 Å². The highest BCUT2D eigenvalue weighted by atomic mass is 35.5. The molecule has 0 amide bonds. The third-order valence-electron chi connectivity index (χ3n) is 3.57. The molecule has 0 fully saturated rings. The van der Waals surface area contributed by atoms with Gasteiger partial charge in [0.25, 0.3) is 0 Å². The Bertz CT molecular complexity index is 601. The van der Waals surface area contributed by atoms with Crippen LogP contribution in [0.3, 0.4) is 0 Å². The van der Waals surface area contributed by atoms with Crippen molar-refractivity contribution in [2.75, 3.05) is 13.2 Å². The van der Waals surface area contributed by atoms with E-state index in [1.807, 2.05) is 18.2 Å². The average Bonchev–Trinajstić information content (AvgIpc) is 2.53. The van der Waals surface area contributed by atoms with Crippen molar-refractivity contribution in [2.24, 2.45) is 5.73 Å². The summed E-state index contributed by atoms with van der Waals surface area (Å²) in [6.45, 7) is 3.20. The summed E-state index contributed by atoms with van der Waals surface area (Å²) in [4.78, 5) is 0. The summed E-state index contributed by atoms with van der Waals surface area (Å²) in [7, 11) is 0. The van der Waals surface area contributed by atoms with Gasteiger partial charge >= 0.3 is 0 Å². The molecular formula is C18H21ClFNO. The smallest absolute Gasteiger partial charge is 0.137 e. The summed E-state index contributed by atoms with van der Waals surface area (Å²) in [6, 6.07) is 12.3. The quantitative estimate of drug-likeness (QED) is 0.811. The third kappa shape index (κ3) is 4.46. The monoisotopic (exact) mass is 321 g/mol. The Morgan fingerprint density at radius 1 is 1.18 bits per heavy atom. The van der Waals surface area contributed by atoms with Crippen LogP contribution in [0.5, 0.6) is 5.75 Å². The molecule has 0 aromatic heterocycles. The van der Waals surface area contributed by atoms with Gasteiger partial charge in [-0.3, -0.25) is 0 Å². The van der Waals surface area contributed by atoms with E-state index < -0.39 is 0 Å². The molecule has 118 valence electrons. The van der Waals surface area contributed by atoms with Crippen molar-refractivity contribution in [1.29, 1.82) is 0 Å². The van der Waals surface area contributed by atoms with E-state index in [0.29, 0.717) is 23.9 Å². The number of hydrogen-bond acceptors (Lipinski definition) is 2. The molecule has 0 aliphatic rings. The lowest BCUT2D eigenvalue weighted by molar-refractivity contribution is 0.317. The van der Waals surface area contributed by atoms with Crippen LogP contribution in [0, 0.1) is 5.82 Å². The van der Waals surface area contributed by atoms with Crippen LogP contribution < -0.4 is 10.5 Å². The molecule has 22 heavy (non-hydrogen) atoms. The molecule has 0 saturated heterocycles. The maximum atomic E-state index is 13.0. The second-order valence-corrected chi connectivity index (χ2v) is 5.71. The summed E-state index contributed by atoms with van der Waals surface area (Å²) in [6.07, 6.45) is 1.70. The number of halogens is 2. The number of ether oxygens (including phenoxy) is 1. The van der Waals surface area contributed by atoms with Crippen LogP contribution in [0.2, 0.25) is 5.02 Å². The summed E-state index contributed by atoms with van der Waals surface area (Å²) in [5.74, 6) is 0.609. The van der Waals surface area contributed by atoms with Gasteiger partial charge in [0.05, 0.1) is 11.6 Å². The Morgan fingerprint density at radius 2 is 1.91 bits per heavy atom. The topological polar surface area (TPSA) is 35.2 Å². The highest BCUT2D eigenvalue weighted by molar-refractivity contribution is 6.32. The van der Waals surface area contributed by atoms with Crippen LogP contribution in [-0.2, 0) is 6.42 Å². The molecule has 2 nitrogen and oxygen atoms in total. The van der Waals surface area contributed by atoms with Crippen molar-refractivity contribution in [3.63, 3.8) is 0 Å². The molecule has 0 bridgehead atoms. The molecule has 0 radical (unpaired) electrons. The van der Waals surface area contributed by atoms with Crippen molar-refractivity contribution in [2.45, 2.75) is 25.7 Å². The molecule has 4 heteroatoms. The first-order valence-corrected chi connectivity index (χ1v) is 7.88. The molecule has 0 aliphatic carbocycles. The van der Waals surface area contributed by atoms with E-state index in [1.165, 1.54) is 12.1 Å². The zero-order chi connectivity index (χ0) is 15.9. The van der Waals surface area contributed by atoms with Gasteiger partial charge in [0, 0.05) is 5.92 Å². The van der Waals surface area contributed by atoms with E-state index >= 15 is 0 Å². The Kier molecular flexibility index (Phi) is 6.22. The van der Waals surface area contributed by atoms with Gasteiger partial charge in [-0.15, -0.1) is 0 Å². The van der Waals surface area contributed by atoms with Crippen LogP contribution in [0.4, 0.5) is 4.39 Å². The van der Waals surface area contributed by atoms with Crippen LogP contribution >= 0.6 is 11.6 Å². The third-order valence-corrected chi connectivity index (χ3v) is 3.86. The molecule has 0 spiro atoms. The lowest BCUT2D eigenvalue weighted by atomic mass is 9.92. The predicted molar refractivity (Wildman–Crippen MR) is 89.1 cm³/mol. The van der Waals surface area contributed by atoms with Crippen molar-refractivity contribution in [1.82, 2.24) is 0 Å². The maximum absolute atomic E-state index is 13.0. The lowest BCUT2D eigenvalue weighted by Gasteiger charge is -2.16. The minimum absolute atomic E-state index is 0.138. The molecule has 2 aromatic carbocycles. The first-order valence-electron chi connectivity index (χ1n) is 7.50. The molecule has 2 N–H and O–H groups in total. The molecule has 0 aliphatic heterocycles. The second-order valence-electron chi connectivity index (χ2n) is 5.30. The zero-order valence-corrected chi connectivity index (χ0v) is 13.4. The Morgan fingerprint density at radius 3 is 2.50 bits per heavy atom. The van der Waals surface area contributed by atoms with Crippen LogP contribution in [-0.4, -0.2) is 13.2 Å². The highest BCUT2D eigenvalue weighted by Crippen LogP contribution is 2.28. The minimum atomic E-state index is -0.236. The largest absolute Gasteiger partial charge is 0.492 e. The predicted octanol–water partition coefficient (Wildman–Crippen LogP) is 4.55. The summed E-state index contributed by atoms with van der Waals surface area (Å²) in [5, 5.41) is 0.612. The molecule has 2 rings (SSSR count). The van der Waals surface area contributed by atoms with Gasteiger partial charge in [0.15, 0.2) is 0 Å².